The molecule has 21 heavy (non-hydrogen) atoms. The van der Waals surface area contributed by atoms with Crippen LogP contribution < -0.4 is 10.2 Å². The van der Waals surface area contributed by atoms with Crippen LogP contribution in [-0.4, -0.2) is 51.4 Å². The predicted molar refractivity (Wildman–Crippen MR) is 81.2 cm³/mol. The van der Waals surface area contributed by atoms with Gasteiger partial charge in [-0.2, -0.15) is 0 Å². The highest BCUT2D eigenvalue weighted by Crippen LogP contribution is 2.21. The monoisotopic (exact) mass is 289 g/mol. The lowest BCUT2D eigenvalue weighted by atomic mass is 9.96. The van der Waals surface area contributed by atoms with Crippen molar-refractivity contribution in [2.75, 3.05) is 31.1 Å². The van der Waals surface area contributed by atoms with E-state index in [-0.39, 0.29) is 0 Å². The Kier molecular flexibility index (Phi) is 4.28. The average molecular weight is 289 g/mol. The fraction of sp³-hybridized carbons (Fsp3) is 0.714. The molecule has 0 radical (unpaired) electrons. The lowest BCUT2D eigenvalue weighted by Gasteiger charge is -2.32. The van der Waals surface area contributed by atoms with Crippen molar-refractivity contribution >= 4 is 11.5 Å². The van der Waals surface area contributed by atoms with E-state index in [9.17, 15) is 0 Å². The van der Waals surface area contributed by atoms with Crippen molar-refractivity contribution in [2.24, 2.45) is 11.8 Å². The standard InChI is InChI=1S/C14H23N7/c1-11(2)9-15-10-12-5-7-20(8-6-12)14-4-3-13-16-18-19-21(13)17-14/h3-4,11-12,15H,5-10H2,1-2H3. The van der Waals surface area contributed by atoms with Gasteiger partial charge in [-0.3, -0.25) is 0 Å². The summed E-state index contributed by atoms with van der Waals surface area (Å²) in [6, 6.07) is 3.92. The Labute approximate surface area is 124 Å². The first-order valence-corrected chi connectivity index (χ1v) is 7.73. The molecule has 2 aromatic rings. The maximum absolute atomic E-state index is 4.46. The van der Waals surface area contributed by atoms with E-state index in [2.05, 4.69) is 44.7 Å². The number of piperidine rings is 1. The normalized spacial score (nSPS) is 17.0. The maximum Gasteiger partial charge on any atom is 0.200 e. The zero-order chi connectivity index (χ0) is 14.7. The number of hydrogen-bond acceptors (Lipinski definition) is 6. The van der Waals surface area contributed by atoms with E-state index >= 15 is 0 Å². The van der Waals surface area contributed by atoms with Crippen molar-refractivity contribution in [3.63, 3.8) is 0 Å². The number of aromatic nitrogens is 5. The third-order valence-electron chi connectivity index (χ3n) is 3.98. The fourth-order valence-electron chi connectivity index (χ4n) is 2.75. The Hall–Kier alpha value is -1.76. The predicted octanol–water partition coefficient (Wildman–Crippen LogP) is 0.981. The molecular formula is C14H23N7. The molecule has 1 aliphatic rings. The number of nitrogens with zero attached hydrogens (tertiary/aromatic N) is 6. The van der Waals surface area contributed by atoms with E-state index in [4.69, 9.17) is 0 Å². The molecule has 0 atom stereocenters. The topological polar surface area (TPSA) is 71.2 Å². The van der Waals surface area contributed by atoms with Gasteiger partial charge in [0.25, 0.3) is 0 Å². The van der Waals surface area contributed by atoms with Crippen LogP contribution in [0.1, 0.15) is 26.7 Å². The van der Waals surface area contributed by atoms with Gasteiger partial charge in [0.05, 0.1) is 0 Å². The van der Waals surface area contributed by atoms with Gasteiger partial charge in [0.15, 0.2) is 11.5 Å². The van der Waals surface area contributed by atoms with E-state index in [0.717, 1.165) is 43.8 Å². The number of nitrogens with one attached hydrogen (secondary N) is 1. The molecule has 0 amide bonds. The summed E-state index contributed by atoms with van der Waals surface area (Å²) < 4.78 is 1.49. The van der Waals surface area contributed by atoms with Crippen molar-refractivity contribution in [3.8, 4) is 0 Å². The summed E-state index contributed by atoms with van der Waals surface area (Å²) in [4.78, 5) is 2.32. The molecule has 0 spiro atoms. The summed E-state index contributed by atoms with van der Waals surface area (Å²) in [5, 5.41) is 19.4. The summed E-state index contributed by atoms with van der Waals surface area (Å²) >= 11 is 0. The largest absolute Gasteiger partial charge is 0.355 e. The molecule has 0 unspecified atom stereocenters. The number of tetrazole rings is 1. The molecule has 0 bridgehead atoms. The number of anilines is 1. The minimum absolute atomic E-state index is 0.687. The van der Waals surface area contributed by atoms with Crippen LogP contribution >= 0.6 is 0 Å². The molecule has 1 fully saturated rings. The van der Waals surface area contributed by atoms with Gasteiger partial charge < -0.3 is 10.2 Å². The smallest absolute Gasteiger partial charge is 0.200 e. The highest BCUT2D eigenvalue weighted by atomic mass is 15.6. The summed E-state index contributed by atoms with van der Waals surface area (Å²) in [7, 11) is 0. The van der Waals surface area contributed by atoms with Gasteiger partial charge >= 0.3 is 0 Å². The lowest BCUT2D eigenvalue weighted by molar-refractivity contribution is 0.372. The van der Waals surface area contributed by atoms with Gasteiger partial charge in [-0.05, 0) is 60.3 Å². The van der Waals surface area contributed by atoms with Crippen LogP contribution in [0.25, 0.3) is 5.65 Å². The first kappa shape index (κ1) is 14.2. The van der Waals surface area contributed by atoms with Crippen LogP contribution in [0.5, 0.6) is 0 Å². The highest BCUT2D eigenvalue weighted by molar-refractivity contribution is 5.44. The summed E-state index contributed by atoms with van der Waals surface area (Å²) in [6.07, 6.45) is 2.42. The third kappa shape index (κ3) is 3.47. The molecule has 3 heterocycles. The van der Waals surface area contributed by atoms with E-state index in [1.54, 1.807) is 0 Å². The Bertz CT molecular complexity index is 571. The Morgan fingerprint density at radius 2 is 2.10 bits per heavy atom. The van der Waals surface area contributed by atoms with Gasteiger partial charge in [-0.15, -0.1) is 14.8 Å². The molecule has 114 valence electrons. The van der Waals surface area contributed by atoms with Crippen LogP contribution in [0, 0.1) is 11.8 Å². The van der Waals surface area contributed by atoms with E-state index < -0.39 is 0 Å². The molecule has 0 saturated carbocycles. The Balaban J connectivity index is 1.53. The molecule has 1 aliphatic heterocycles. The minimum Gasteiger partial charge on any atom is -0.355 e. The van der Waals surface area contributed by atoms with Crippen LogP contribution in [-0.2, 0) is 0 Å². The highest BCUT2D eigenvalue weighted by Gasteiger charge is 2.20. The Morgan fingerprint density at radius 1 is 1.29 bits per heavy atom. The SMILES string of the molecule is CC(C)CNCC1CCN(c2ccc3nnnn3n2)CC1. The van der Waals surface area contributed by atoms with Gasteiger partial charge in [-0.1, -0.05) is 13.8 Å². The fourth-order valence-corrected chi connectivity index (χ4v) is 2.75. The number of fused-ring (bicyclic) bond motifs is 1. The third-order valence-corrected chi connectivity index (χ3v) is 3.98. The second-order valence-corrected chi connectivity index (χ2v) is 6.20. The van der Waals surface area contributed by atoms with Gasteiger partial charge in [0.1, 0.15) is 0 Å². The van der Waals surface area contributed by atoms with Crippen molar-refractivity contribution in [1.29, 1.82) is 0 Å². The molecule has 7 heteroatoms. The summed E-state index contributed by atoms with van der Waals surface area (Å²) in [6.45, 7) is 8.83. The van der Waals surface area contributed by atoms with E-state index in [0.29, 0.717) is 5.65 Å². The molecule has 0 aliphatic carbocycles. The summed E-state index contributed by atoms with van der Waals surface area (Å²) in [5.74, 6) is 2.46. The van der Waals surface area contributed by atoms with E-state index in [1.807, 2.05) is 12.1 Å². The number of hydrogen-bond donors (Lipinski definition) is 1. The maximum atomic E-state index is 4.46. The minimum atomic E-state index is 0.687. The lowest BCUT2D eigenvalue weighted by Crippen LogP contribution is -2.38. The van der Waals surface area contributed by atoms with Crippen molar-refractivity contribution in [3.05, 3.63) is 12.1 Å². The quantitative estimate of drug-likeness (QED) is 0.885. The first-order valence-electron chi connectivity index (χ1n) is 7.73. The molecule has 3 rings (SSSR count). The van der Waals surface area contributed by atoms with Crippen LogP contribution in [0.4, 0.5) is 5.82 Å². The van der Waals surface area contributed by atoms with Gasteiger partial charge in [0, 0.05) is 13.1 Å². The van der Waals surface area contributed by atoms with Crippen molar-refractivity contribution in [1.82, 2.24) is 30.6 Å². The second kappa shape index (κ2) is 6.34. The Morgan fingerprint density at radius 3 is 2.86 bits per heavy atom. The van der Waals surface area contributed by atoms with E-state index in [1.165, 1.54) is 17.5 Å². The van der Waals surface area contributed by atoms with Gasteiger partial charge in [0.2, 0.25) is 0 Å². The van der Waals surface area contributed by atoms with Crippen LogP contribution in [0.2, 0.25) is 0 Å². The molecule has 0 aromatic carbocycles. The molecule has 7 nitrogen and oxygen atoms in total. The first-order chi connectivity index (χ1) is 10.2. The average Bonchev–Trinajstić information content (AvgIpc) is 2.95. The van der Waals surface area contributed by atoms with Crippen molar-refractivity contribution < 1.29 is 0 Å². The second-order valence-electron chi connectivity index (χ2n) is 6.20. The molecule has 1 N–H and O–H groups in total. The van der Waals surface area contributed by atoms with Crippen LogP contribution in [0.3, 0.4) is 0 Å². The number of rotatable bonds is 5. The summed E-state index contributed by atoms with van der Waals surface area (Å²) in [5.41, 5.74) is 0.687. The molecular weight excluding hydrogens is 266 g/mol. The molecule has 1 saturated heterocycles. The molecule has 2 aromatic heterocycles. The van der Waals surface area contributed by atoms with Gasteiger partial charge in [-0.25, -0.2) is 0 Å². The van der Waals surface area contributed by atoms with Crippen LogP contribution in [0.15, 0.2) is 12.1 Å². The zero-order valence-corrected chi connectivity index (χ0v) is 12.7. The zero-order valence-electron chi connectivity index (χ0n) is 12.7. The van der Waals surface area contributed by atoms with Crippen molar-refractivity contribution in [2.45, 2.75) is 26.7 Å².